The highest BCUT2D eigenvalue weighted by atomic mass is 16.3. The summed E-state index contributed by atoms with van der Waals surface area (Å²) in [5.74, 6) is 0.644. The fourth-order valence-electron chi connectivity index (χ4n) is 3.44. The molecule has 3 heterocycles. The first-order valence-corrected chi connectivity index (χ1v) is 7.95. The first-order chi connectivity index (χ1) is 10.9. The van der Waals surface area contributed by atoms with Gasteiger partial charge in [-0.15, -0.1) is 0 Å². The number of aryl methyl sites for hydroxylation is 1. The summed E-state index contributed by atoms with van der Waals surface area (Å²) in [6.07, 6.45) is 3.15. The van der Waals surface area contributed by atoms with Crippen LogP contribution in [0.4, 0.5) is 0 Å². The molecule has 1 aliphatic heterocycles. The summed E-state index contributed by atoms with van der Waals surface area (Å²) in [5, 5.41) is 9.59. The first-order valence-electron chi connectivity index (χ1n) is 7.95. The van der Waals surface area contributed by atoms with Crippen LogP contribution in [0.25, 0.3) is 11.2 Å². The normalized spacial score (nSPS) is 22.8. The third-order valence-corrected chi connectivity index (χ3v) is 4.88. The number of imidazole rings is 1. The molecule has 0 saturated carbocycles. The number of aliphatic hydroxyl groups excluding tert-OH is 1. The zero-order chi connectivity index (χ0) is 16.7. The van der Waals surface area contributed by atoms with Gasteiger partial charge in [-0.3, -0.25) is 18.8 Å². The average molecular weight is 321 g/mol. The maximum Gasteiger partial charge on any atom is 0.332 e. The van der Waals surface area contributed by atoms with Gasteiger partial charge in [0.1, 0.15) is 11.3 Å². The fraction of sp³-hybridized carbons (Fsp3) is 0.667. The highest BCUT2D eigenvalue weighted by Gasteiger charge is 2.28. The third-order valence-electron chi connectivity index (χ3n) is 4.88. The Bertz CT molecular complexity index is 834. The molecule has 1 aliphatic rings. The molecule has 2 N–H and O–H groups in total. The molecule has 2 unspecified atom stereocenters. The molecule has 0 amide bonds. The number of nitrogens with one attached hydrogen (secondary N) is 1. The molecular formula is C15H23N5O3. The molecule has 2 atom stereocenters. The molecule has 126 valence electrons. The maximum absolute atomic E-state index is 12.2. The Labute approximate surface area is 133 Å². The highest BCUT2D eigenvalue weighted by Crippen LogP contribution is 2.24. The summed E-state index contributed by atoms with van der Waals surface area (Å²) >= 11 is 0. The number of piperidine rings is 1. The lowest BCUT2D eigenvalue weighted by molar-refractivity contribution is 0.0433. The van der Waals surface area contributed by atoms with E-state index < -0.39 is 0 Å². The molecule has 1 saturated heterocycles. The van der Waals surface area contributed by atoms with Gasteiger partial charge in [-0.2, -0.15) is 0 Å². The van der Waals surface area contributed by atoms with Crippen LogP contribution in [-0.2, 0) is 20.6 Å². The van der Waals surface area contributed by atoms with Gasteiger partial charge in [0.15, 0.2) is 5.65 Å². The topological polar surface area (TPSA) is 96.2 Å². The molecule has 3 rings (SSSR count). The first kappa shape index (κ1) is 15.9. The van der Waals surface area contributed by atoms with Crippen molar-refractivity contribution in [2.75, 3.05) is 6.61 Å². The molecule has 8 nitrogen and oxygen atoms in total. The van der Waals surface area contributed by atoms with E-state index in [1.54, 1.807) is 7.05 Å². The SMILES string of the molecule is CC1CCCC(CO)N1Cc1nc2c([nH]1)c(=O)n(C)c(=O)n2C. The van der Waals surface area contributed by atoms with Crippen LogP contribution in [0.2, 0.25) is 0 Å². The van der Waals surface area contributed by atoms with Crippen LogP contribution in [0.3, 0.4) is 0 Å². The van der Waals surface area contributed by atoms with Crippen molar-refractivity contribution in [3.05, 3.63) is 26.7 Å². The van der Waals surface area contributed by atoms with Gasteiger partial charge in [0.25, 0.3) is 5.56 Å². The van der Waals surface area contributed by atoms with Crippen molar-refractivity contribution in [2.24, 2.45) is 14.1 Å². The summed E-state index contributed by atoms with van der Waals surface area (Å²) < 4.78 is 2.45. The predicted molar refractivity (Wildman–Crippen MR) is 86.3 cm³/mol. The average Bonchev–Trinajstić information content (AvgIpc) is 2.97. The standard InChI is InChI=1S/C15H23N5O3/c1-9-5-4-6-10(8-21)20(9)7-11-16-12-13(17-11)18(2)15(23)19(3)14(12)22/h9-10,21H,4-8H2,1-3H3,(H,16,17). The Kier molecular flexibility index (Phi) is 4.11. The Morgan fingerprint density at radius 1 is 1.26 bits per heavy atom. The van der Waals surface area contributed by atoms with Gasteiger partial charge < -0.3 is 10.1 Å². The molecule has 8 heteroatoms. The van der Waals surface area contributed by atoms with Crippen LogP contribution in [0.5, 0.6) is 0 Å². The zero-order valence-electron chi connectivity index (χ0n) is 13.7. The van der Waals surface area contributed by atoms with E-state index in [1.807, 2.05) is 0 Å². The molecule has 2 aromatic rings. The molecule has 2 aromatic heterocycles. The largest absolute Gasteiger partial charge is 0.395 e. The monoisotopic (exact) mass is 321 g/mol. The summed E-state index contributed by atoms with van der Waals surface area (Å²) in [6, 6.07) is 0.458. The van der Waals surface area contributed by atoms with Crippen molar-refractivity contribution in [1.29, 1.82) is 0 Å². The second kappa shape index (κ2) is 5.93. The molecule has 0 radical (unpaired) electrons. The van der Waals surface area contributed by atoms with E-state index in [0.29, 0.717) is 29.6 Å². The summed E-state index contributed by atoms with van der Waals surface area (Å²) in [4.78, 5) is 33.9. The Morgan fingerprint density at radius 3 is 2.70 bits per heavy atom. The third kappa shape index (κ3) is 2.61. The van der Waals surface area contributed by atoms with Gasteiger partial charge in [-0.25, -0.2) is 9.78 Å². The fourth-order valence-corrected chi connectivity index (χ4v) is 3.44. The van der Waals surface area contributed by atoms with Crippen molar-refractivity contribution < 1.29 is 5.11 Å². The minimum absolute atomic E-state index is 0.110. The van der Waals surface area contributed by atoms with E-state index in [4.69, 9.17) is 0 Å². The molecule has 0 aliphatic carbocycles. The van der Waals surface area contributed by atoms with Gasteiger partial charge in [-0.05, 0) is 19.8 Å². The van der Waals surface area contributed by atoms with E-state index in [1.165, 1.54) is 11.6 Å². The van der Waals surface area contributed by atoms with E-state index >= 15 is 0 Å². The molecule has 0 bridgehead atoms. The number of aromatic amines is 1. The number of hydrogen-bond donors (Lipinski definition) is 2. The molecule has 0 aromatic carbocycles. The summed E-state index contributed by atoms with van der Waals surface area (Å²) in [7, 11) is 3.06. The lowest BCUT2D eigenvalue weighted by atomic mass is 9.97. The Hall–Kier alpha value is -1.93. The summed E-state index contributed by atoms with van der Waals surface area (Å²) in [6.45, 7) is 2.78. The number of likely N-dealkylation sites (tertiary alicyclic amines) is 1. The van der Waals surface area contributed by atoms with E-state index in [0.717, 1.165) is 23.8 Å². The number of nitrogens with zero attached hydrogens (tertiary/aromatic N) is 4. The second-order valence-corrected chi connectivity index (χ2v) is 6.38. The molecule has 1 fully saturated rings. The van der Waals surface area contributed by atoms with Gasteiger partial charge in [0.05, 0.1) is 13.2 Å². The van der Waals surface area contributed by atoms with Crippen molar-refractivity contribution in [1.82, 2.24) is 24.0 Å². The number of hydrogen-bond acceptors (Lipinski definition) is 5. The van der Waals surface area contributed by atoms with E-state index in [-0.39, 0.29) is 23.9 Å². The Morgan fingerprint density at radius 2 is 2.00 bits per heavy atom. The van der Waals surface area contributed by atoms with Crippen LogP contribution in [0.1, 0.15) is 32.0 Å². The van der Waals surface area contributed by atoms with Crippen molar-refractivity contribution in [2.45, 2.75) is 44.8 Å². The van der Waals surface area contributed by atoms with Gasteiger partial charge in [0, 0.05) is 26.2 Å². The Balaban J connectivity index is 2.01. The lowest BCUT2D eigenvalue weighted by Gasteiger charge is -2.39. The lowest BCUT2D eigenvalue weighted by Crippen LogP contribution is -2.46. The van der Waals surface area contributed by atoms with E-state index in [9.17, 15) is 14.7 Å². The maximum atomic E-state index is 12.2. The highest BCUT2D eigenvalue weighted by molar-refractivity contribution is 5.69. The molecule has 23 heavy (non-hydrogen) atoms. The van der Waals surface area contributed by atoms with Gasteiger partial charge >= 0.3 is 5.69 Å². The van der Waals surface area contributed by atoms with Crippen molar-refractivity contribution in [3.8, 4) is 0 Å². The second-order valence-electron chi connectivity index (χ2n) is 6.38. The minimum Gasteiger partial charge on any atom is -0.395 e. The summed E-state index contributed by atoms with van der Waals surface area (Å²) in [5.41, 5.74) is -0.0412. The predicted octanol–water partition coefficient (Wildman–Crippen LogP) is -0.304. The quantitative estimate of drug-likeness (QED) is 0.809. The number of aliphatic hydroxyl groups is 1. The zero-order valence-corrected chi connectivity index (χ0v) is 13.7. The van der Waals surface area contributed by atoms with Crippen LogP contribution < -0.4 is 11.2 Å². The number of aromatic nitrogens is 4. The van der Waals surface area contributed by atoms with Crippen molar-refractivity contribution in [3.63, 3.8) is 0 Å². The van der Waals surface area contributed by atoms with E-state index in [2.05, 4.69) is 21.8 Å². The van der Waals surface area contributed by atoms with Crippen LogP contribution >= 0.6 is 0 Å². The smallest absolute Gasteiger partial charge is 0.332 e. The van der Waals surface area contributed by atoms with Crippen LogP contribution in [-0.4, -0.2) is 47.8 Å². The van der Waals surface area contributed by atoms with Crippen molar-refractivity contribution >= 4 is 11.2 Å². The van der Waals surface area contributed by atoms with Crippen LogP contribution in [0, 0.1) is 0 Å². The van der Waals surface area contributed by atoms with Gasteiger partial charge in [-0.1, -0.05) is 6.42 Å². The molecular weight excluding hydrogens is 298 g/mol. The molecule has 0 spiro atoms. The number of H-pyrrole nitrogens is 1. The minimum atomic E-state index is -0.389. The number of rotatable bonds is 3. The van der Waals surface area contributed by atoms with Crippen LogP contribution in [0.15, 0.2) is 9.59 Å². The van der Waals surface area contributed by atoms with Gasteiger partial charge in [0.2, 0.25) is 0 Å². The number of fused-ring (bicyclic) bond motifs is 1.